The number of allylic oxidation sites excluding steroid dienone is 2. The number of hydrogen-bond donors (Lipinski definition) is 0. The topological polar surface area (TPSA) is 0 Å². The fourth-order valence-corrected chi connectivity index (χ4v) is 2.68. The van der Waals surface area contributed by atoms with Crippen LogP contribution in [-0.4, -0.2) is 0 Å². The van der Waals surface area contributed by atoms with Crippen molar-refractivity contribution in [2.24, 2.45) is 0 Å². The zero-order chi connectivity index (χ0) is 16.7. The molecule has 0 bridgehead atoms. The van der Waals surface area contributed by atoms with Crippen molar-refractivity contribution in [1.29, 1.82) is 0 Å². The first-order valence-corrected chi connectivity index (χ1v) is 8.69. The Morgan fingerprint density at radius 3 is 2.17 bits per heavy atom. The van der Waals surface area contributed by atoms with Crippen molar-refractivity contribution in [1.82, 2.24) is 0 Å². The summed E-state index contributed by atoms with van der Waals surface area (Å²) in [5, 5.41) is 0.795. The molecule has 0 radical (unpaired) electrons. The molecule has 0 aliphatic heterocycles. The molecule has 0 N–H and O–H groups in total. The number of aryl methyl sites for hydroxylation is 3. The van der Waals surface area contributed by atoms with Gasteiger partial charge in [0.25, 0.3) is 0 Å². The second-order valence-corrected chi connectivity index (χ2v) is 6.29. The van der Waals surface area contributed by atoms with E-state index in [1.165, 1.54) is 11.1 Å². The molecule has 2 aromatic rings. The lowest BCUT2D eigenvalue weighted by molar-refractivity contribution is 0.607. The van der Waals surface area contributed by atoms with Crippen LogP contribution in [0.5, 0.6) is 0 Å². The van der Waals surface area contributed by atoms with Crippen LogP contribution in [0.3, 0.4) is 0 Å². The maximum Gasteiger partial charge on any atom is 0.126 e. The number of rotatable bonds is 7. The molecule has 2 aromatic carbocycles. The van der Waals surface area contributed by atoms with Crippen LogP contribution in [0.25, 0.3) is 0 Å². The van der Waals surface area contributed by atoms with Crippen LogP contribution in [0, 0.1) is 5.82 Å². The maximum absolute atomic E-state index is 13.9. The third-order valence-corrected chi connectivity index (χ3v) is 4.49. The Labute approximate surface area is 144 Å². The highest BCUT2D eigenvalue weighted by molar-refractivity contribution is 6.29. The lowest BCUT2D eigenvalue weighted by atomic mass is 10.0. The Bertz CT molecular complexity index is 656. The maximum atomic E-state index is 13.9. The van der Waals surface area contributed by atoms with E-state index in [1.54, 1.807) is 6.07 Å². The van der Waals surface area contributed by atoms with Gasteiger partial charge in [-0.3, -0.25) is 0 Å². The molecule has 0 aromatic heterocycles. The van der Waals surface area contributed by atoms with Gasteiger partial charge in [-0.15, -0.1) is 0 Å². The first-order valence-electron chi connectivity index (χ1n) is 8.32. The molecule has 0 saturated heterocycles. The van der Waals surface area contributed by atoms with Crippen molar-refractivity contribution in [2.45, 2.75) is 46.0 Å². The van der Waals surface area contributed by atoms with Crippen molar-refractivity contribution in [2.75, 3.05) is 0 Å². The minimum atomic E-state index is -0.121. The normalized spacial score (nSPS) is 11.7. The van der Waals surface area contributed by atoms with E-state index in [4.69, 9.17) is 11.6 Å². The summed E-state index contributed by atoms with van der Waals surface area (Å²) in [7, 11) is 0. The number of hydrogen-bond acceptors (Lipinski definition) is 0. The van der Waals surface area contributed by atoms with Gasteiger partial charge >= 0.3 is 0 Å². The Hall–Kier alpha value is -1.60. The van der Waals surface area contributed by atoms with E-state index >= 15 is 0 Å². The Balaban J connectivity index is 1.89. The van der Waals surface area contributed by atoms with Crippen LogP contribution in [0.2, 0.25) is 0 Å². The van der Waals surface area contributed by atoms with E-state index in [9.17, 15) is 4.39 Å². The smallest absolute Gasteiger partial charge is 0.126 e. The molecule has 23 heavy (non-hydrogen) atoms. The summed E-state index contributed by atoms with van der Waals surface area (Å²) in [6.45, 7) is 4.18. The van der Waals surface area contributed by atoms with Crippen LogP contribution < -0.4 is 0 Å². The van der Waals surface area contributed by atoms with Gasteiger partial charge in [0.2, 0.25) is 0 Å². The van der Waals surface area contributed by atoms with Gasteiger partial charge in [0, 0.05) is 5.03 Å². The van der Waals surface area contributed by atoms with Crippen LogP contribution in [0.4, 0.5) is 4.39 Å². The fraction of sp³-hybridized carbons (Fsp3) is 0.333. The highest BCUT2D eigenvalue weighted by atomic mass is 35.5. The van der Waals surface area contributed by atoms with Crippen molar-refractivity contribution in [3.63, 3.8) is 0 Å². The van der Waals surface area contributed by atoms with E-state index in [0.29, 0.717) is 12.8 Å². The lowest BCUT2D eigenvalue weighted by Crippen LogP contribution is -1.93. The summed E-state index contributed by atoms with van der Waals surface area (Å²) in [6, 6.07) is 14.1. The quantitative estimate of drug-likeness (QED) is 0.563. The van der Waals surface area contributed by atoms with Crippen LogP contribution in [0.15, 0.2) is 53.6 Å². The predicted molar refractivity (Wildman–Crippen MR) is 97.6 cm³/mol. The van der Waals surface area contributed by atoms with Gasteiger partial charge in [0.15, 0.2) is 0 Å². The molecule has 0 saturated carbocycles. The molecule has 2 rings (SSSR count). The molecule has 0 fully saturated rings. The van der Waals surface area contributed by atoms with Gasteiger partial charge in [-0.25, -0.2) is 4.39 Å². The summed E-state index contributed by atoms with van der Waals surface area (Å²) < 4.78 is 13.9. The van der Waals surface area contributed by atoms with Crippen LogP contribution in [-0.2, 0) is 25.7 Å². The predicted octanol–water partition coefficient (Wildman–Crippen LogP) is 6.25. The first kappa shape index (κ1) is 17.7. The summed E-state index contributed by atoms with van der Waals surface area (Å²) in [4.78, 5) is 0. The van der Waals surface area contributed by atoms with Crippen LogP contribution >= 0.6 is 11.6 Å². The molecule has 0 spiro atoms. The zero-order valence-corrected chi connectivity index (χ0v) is 14.7. The van der Waals surface area contributed by atoms with Gasteiger partial charge in [0.05, 0.1) is 0 Å². The third-order valence-electron chi connectivity index (χ3n) is 4.15. The Kier molecular flexibility index (Phi) is 6.85. The standard InChI is InChI=1S/C21H24ClF/c1-3-16-5-7-18(8-6-16)10-13-20(22)14-12-19-11-9-17(4-2)15-21(19)23/h5-9,11,13,15H,3-4,10,12,14H2,1-2H3/b20-13-. The van der Waals surface area contributed by atoms with Gasteiger partial charge in [-0.1, -0.05) is 67.9 Å². The molecule has 0 nitrogen and oxygen atoms in total. The zero-order valence-electron chi connectivity index (χ0n) is 13.9. The van der Waals surface area contributed by atoms with E-state index in [-0.39, 0.29) is 5.82 Å². The highest BCUT2D eigenvalue weighted by Crippen LogP contribution is 2.18. The molecule has 0 aliphatic rings. The largest absolute Gasteiger partial charge is 0.207 e. The molecule has 2 heteroatoms. The average molecular weight is 331 g/mol. The highest BCUT2D eigenvalue weighted by Gasteiger charge is 2.04. The Morgan fingerprint density at radius 2 is 1.57 bits per heavy atom. The van der Waals surface area contributed by atoms with Crippen molar-refractivity contribution in [3.05, 3.63) is 81.6 Å². The third kappa shape index (κ3) is 5.51. The number of benzene rings is 2. The minimum absolute atomic E-state index is 0.121. The number of halogens is 2. The van der Waals surface area contributed by atoms with Gasteiger partial charge < -0.3 is 0 Å². The van der Waals surface area contributed by atoms with Gasteiger partial charge in [-0.05, 0) is 60.4 Å². The molecule has 0 atom stereocenters. The molecular weight excluding hydrogens is 307 g/mol. The van der Waals surface area contributed by atoms with Gasteiger partial charge in [-0.2, -0.15) is 0 Å². The summed E-state index contributed by atoms with van der Waals surface area (Å²) in [5.74, 6) is -0.121. The Morgan fingerprint density at radius 1 is 0.957 bits per heavy atom. The summed E-state index contributed by atoms with van der Waals surface area (Å²) in [6.07, 6.45) is 6.08. The molecule has 0 unspecified atom stereocenters. The monoisotopic (exact) mass is 330 g/mol. The van der Waals surface area contributed by atoms with Crippen LogP contribution in [0.1, 0.15) is 42.5 Å². The van der Waals surface area contributed by atoms with Gasteiger partial charge in [0.1, 0.15) is 5.82 Å². The van der Waals surface area contributed by atoms with Crippen molar-refractivity contribution in [3.8, 4) is 0 Å². The summed E-state index contributed by atoms with van der Waals surface area (Å²) >= 11 is 6.29. The van der Waals surface area contributed by atoms with E-state index in [1.807, 2.05) is 25.1 Å². The fourth-order valence-electron chi connectivity index (χ4n) is 2.51. The van der Waals surface area contributed by atoms with Crippen molar-refractivity contribution >= 4 is 11.6 Å². The first-order chi connectivity index (χ1) is 11.1. The van der Waals surface area contributed by atoms with E-state index < -0.39 is 0 Å². The molecule has 0 aliphatic carbocycles. The van der Waals surface area contributed by atoms with Crippen molar-refractivity contribution < 1.29 is 4.39 Å². The second kappa shape index (κ2) is 8.88. The molecule has 122 valence electrons. The molecule has 0 amide bonds. The summed E-state index contributed by atoms with van der Waals surface area (Å²) in [5.41, 5.74) is 4.36. The van der Waals surface area contributed by atoms with E-state index in [2.05, 4.69) is 31.2 Å². The lowest BCUT2D eigenvalue weighted by Gasteiger charge is -2.05. The SMILES string of the molecule is CCc1ccc(C/C=C(\Cl)CCc2ccc(CC)cc2F)cc1. The van der Waals surface area contributed by atoms with E-state index in [0.717, 1.165) is 35.4 Å². The average Bonchev–Trinajstić information content (AvgIpc) is 2.59. The minimum Gasteiger partial charge on any atom is -0.207 e. The molecular formula is C21H24ClF. The second-order valence-electron chi connectivity index (χ2n) is 5.80. The molecule has 0 heterocycles.